The van der Waals surface area contributed by atoms with E-state index in [9.17, 15) is 29.1 Å². The minimum absolute atomic E-state index is 0.0327. The number of carboxylic acid groups (broad SMARTS) is 2. The molecule has 0 saturated carbocycles. The lowest BCUT2D eigenvalue weighted by molar-refractivity contribution is -0.143. The quantitative estimate of drug-likeness (QED) is 0.200. The number of carboxylic acids is 2. The van der Waals surface area contributed by atoms with Crippen molar-refractivity contribution in [2.75, 3.05) is 0 Å². The Labute approximate surface area is 211 Å². The van der Waals surface area contributed by atoms with Gasteiger partial charge in [-0.2, -0.15) is 0 Å². The fourth-order valence-corrected chi connectivity index (χ4v) is 3.52. The molecule has 0 aliphatic carbocycles. The number of nitrogens with one attached hydrogen (secondary N) is 3. The number of amides is 3. The maximum Gasteiger partial charge on any atom is 0.326 e. The molecule has 200 valence electrons. The van der Waals surface area contributed by atoms with Gasteiger partial charge in [-0.05, 0) is 36.7 Å². The fourth-order valence-electron chi connectivity index (χ4n) is 3.52. The SMILES string of the molecule is CC(C)CC(NC(=O)C(CCC(=O)O)NC(=O)C(N)Cc1ccccc1)C(=O)NC(C(=O)O)C(C)C. The molecule has 1 aromatic carbocycles. The van der Waals surface area contributed by atoms with Gasteiger partial charge in [-0.15, -0.1) is 0 Å². The van der Waals surface area contributed by atoms with Crippen molar-refractivity contribution in [1.82, 2.24) is 16.0 Å². The molecule has 4 atom stereocenters. The second-order valence-corrected chi connectivity index (χ2v) is 9.55. The molecule has 0 fully saturated rings. The largest absolute Gasteiger partial charge is 0.481 e. The minimum Gasteiger partial charge on any atom is -0.481 e. The predicted molar refractivity (Wildman–Crippen MR) is 133 cm³/mol. The van der Waals surface area contributed by atoms with E-state index in [0.717, 1.165) is 5.56 Å². The van der Waals surface area contributed by atoms with Crippen LogP contribution in [0, 0.1) is 11.8 Å². The van der Waals surface area contributed by atoms with E-state index in [2.05, 4.69) is 16.0 Å². The summed E-state index contributed by atoms with van der Waals surface area (Å²) < 4.78 is 0. The summed E-state index contributed by atoms with van der Waals surface area (Å²) in [4.78, 5) is 61.2. The van der Waals surface area contributed by atoms with Crippen molar-refractivity contribution in [1.29, 1.82) is 0 Å². The van der Waals surface area contributed by atoms with Gasteiger partial charge in [-0.25, -0.2) is 4.79 Å². The van der Waals surface area contributed by atoms with E-state index in [1.165, 1.54) is 0 Å². The number of carbonyl (C=O) groups is 5. The van der Waals surface area contributed by atoms with Gasteiger partial charge in [-0.3, -0.25) is 19.2 Å². The van der Waals surface area contributed by atoms with Gasteiger partial charge in [0.15, 0.2) is 0 Å². The molecule has 3 amide bonds. The summed E-state index contributed by atoms with van der Waals surface area (Å²) in [7, 11) is 0. The Hall–Kier alpha value is -3.47. The summed E-state index contributed by atoms with van der Waals surface area (Å²) in [5.74, 6) is -4.86. The summed E-state index contributed by atoms with van der Waals surface area (Å²) in [6, 6.07) is 4.57. The molecule has 0 heterocycles. The molecule has 0 aromatic heterocycles. The smallest absolute Gasteiger partial charge is 0.326 e. The highest BCUT2D eigenvalue weighted by Crippen LogP contribution is 2.10. The average Bonchev–Trinajstić information content (AvgIpc) is 2.78. The van der Waals surface area contributed by atoms with Crippen LogP contribution in [0.3, 0.4) is 0 Å². The van der Waals surface area contributed by atoms with Crippen LogP contribution in [0.4, 0.5) is 0 Å². The molecule has 0 bridgehead atoms. The second kappa shape index (κ2) is 14.8. The zero-order valence-electron chi connectivity index (χ0n) is 21.2. The first kappa shape index (κ1) is 30.6. The van der Waals surface area contributed by atoms with Gasteiger partial charge in [-0.1, -0.05) is 58.0 Å². The third-order valence-corrected chi connectivity index (χ3v) is 5.49. The van der Waals surface area contributed by atoms with Crippen LogP contribution in [0.1, 0.15) is 52.5 Å². The van der Waals surface area contributed by atoms with Crippen LogP contribution in [-0.2, 0) is 30.4 Å². The first-order chi connectivity index (χ1) is 16.8. The Morgan fingerprint density at radius 3 is 1.89 bits per heavy atom. The molecule has 11 nitrogen and oxygen atoms in total. The minimum atomic E-state index is -1.25. The number of rotatable bonds is 15. The number of carbonyl (C=O) groups excluding carboxylic acids is 3. The molecule has 36 heavy (non-hydrogen) atoms. The normalized spacial score (nSPS) is 14.4. The van der Waals surface area contributed by atoms with Crippen molar-refractivity contribution >= 4 is 29.7 Å². The molecular weight excluding hydrogens is 468 g/mol. The predicted octanol–water partition coefficient (Wildman–Crippen LogP) is 0.662. The van der Waals surface area contributed by atoms with Crippen molar-refractivity contribution in [2.24, 2.45) is 17.6 Å². The molecule has 7 N–H and O–H groups in total. The molecule has 0 aliphatic heterocycles. The summed E-state index contributed by atoms with van der Waals surface area (Å²) >= 11 is 0. The van der Waals surface area contributed by atoms with Crippen LogP contribution in [0.25, 0.3) is 0 Å². The lowest BCUT2D eigenvalue weighted by Gasteiger charge is -2.26. The first-order valence-electron chi connectivity index (χ1n) is 12.0. The van der Waals surface area contributed by atoms with E-state index < -0.39 is 66.2 Å². The summed E-state index contributed by atoms with van der Waals surface area (Å²) in [6.07, 6.45) is -0.203. The topological polar surface area (TPSA) is 188 Å². The van der Waals surface area contributed by atoms with Gasteiger partial charge < -0.3 is 31.9 Å². The van der Waals surface area contributed by atoms with Gasteiger partial charge in [0.05, 0.1) is 6.04 Å². The van der Waals surface area contributed by atoms with Crippen molar-refractivity contribution in [3.05, 3.63) is 35.9 Å². The number of hydrogen-bond acceptors (Lipinski definition) is 6. The van der Waals surface area contributed by atoms with Gasteiger partial charge in [0.1, 0.15) is 18.1 Å². The Bertz CT molecular complexity index is 905. The maximum absolute atomic E-state index is 13.1. The lowest BCUT2D eigenvalue weighted by Crippen LogP contribution is -2.58. The fraction of sp³-hybridized carbons (Fsp3) is 0.560. The molecule has 4 unspecified atom stereocenters. The van der Waals surface area contributed by atoms with Gasteiger partial charge in [0.25, 0.3) is 0 Å². The van der Waals surface area contributed by atoms with Crippen molar-refractivity contribution < 1.29 is 34.2 Å². The van der Waals surface area contributed by atoms with Crippen LogP contribution in [0.5, 0.6) is 0 Å². The molecule has 1 aromatic rings. The van der Waals surface area contributed by atoms with Crippen molar-refractivity contribution in [3.63, 3.8) is 0 Å². The van der Waals surface area contributed by atoms with E-state index in [-0.39, 0.29) is 25.2 Å². The highest BCUT2D eigenvalue weighted by molar-refractivity contribution is 5.94. The summed E-state index contributed by atoms with van der Waals surface area (Å²) in [5, 5.41) is 26.0. The zero-order chi connectivity index (χ0) is 27.4. The van der Waals surface area contributed by atoms with Gasteiger partial charge >= 0.3 is 11.9 Å². The highest BCUT2D eigenvalue weighted by Gasteiger charge is 2.31. The number of benzene rings is 1. The lowest BCUT2D eigenvalue weighted by atomic mass is 9.99. The van der Waals surface area contributed by atoms with E-state index in [1.54, 1.807) is 38.1 Å². The van der Waals surface area contributed by atoms with Crippen LogP contribution >= 0.6 is 0 Å². The monoisotopic (exact) mass is 506 g/mol. The van der Waals surface area contributed by atoms with Crippen molar-refractivity contribution in [3.8, 4) is 0 Å². The zero-order valence-corrected chi connectivity index (χ0v) is 21.2. The number of nitrogens with two attached hydrogens (primary N) is 1. The van der Waals surface area contributed by atoms with E-state index in [0.29, 0.717) is 0 Å². The molecule has 0 saturated heterocycles. The third-order valence-electron chi connectivity index (χ3n) is 5.49. The molecule has 0 radical (unpaired) electrons. The van der Waals surface area contributed by atoms with Gasteiger partial charge in [0.2, 0.25) is 17.7 Å². The third kappa shape index (κ3) is 10.9. The Balaban J connectivity index is 2.99. The molecule has 0 aliphatic rings. The van der Waals surface area contributed by atoms with E-state index in [1.807, 2.05) is 19.9 Å². The van der Waals surface area contributed by atoms with Crippen LogP contribution in [0.15, 0.2) is 30.3 Å². The first-order valence-corrected chi connectivity index (χ1v) is 12.0. The van der Waals surface area contributed by atoms with Crippen molar-refractivity contribution in [2.45, 2.75) is 77.5 Å². The summed E-state index contributed by atoms with van der Waals surface area (Å²) in [5.41, 5.74) is 6.82. The summed E-state index contributed by atoms with van der Waals surface area (Å²) in [6.45, 7) is 6.95. The molecule has 0 spiro atoms. The maximum atomic E-state index is 13.1. The second-order valence-electron chi connectivity index (χ2n) is 9.55. The molecule has 11 heteroatoms. The molecular formula is C25H38N4O7. The van der Waals surface area contributed by atoms with Gasteiger partial charge in [0, 0.05) is 6.42 Å². The molecule has 1 rings (SSSR count). The Morgan fingerprint density at radius 1 is 0.833 bits per heavy atom. The highest BCUT2D eigenvalue weighted by atomic mass is 16.4. The number of aliphatic carboxylic acids is 2. The number of hydrogen-bond donors (Lipinski definition) is 6. The average molecular weight is 507 g/mol. The van der Waals surface area contributed by atoms with Crippen LogP contribution < -0.4 is 21.7 Å². The van der Waals surface area contributed by atoms with E-state index >= 15 is 0 Å². The van der Waals surface area contributed by atoms with E-state index in [4.69, 9.17) is 10.8 Å². The standard InChI is InChI=1S/C25H38N4O7/c1-14(2)12-19(24(34)29-21(15(3)4)25(35)36)28-23(33)18(10-11-20(30)31)27-22(32)17(26)13-16-8-6-5-7-9-16/h5-9,14-15,17-19,21H,10-13,26H2,1-4H3,(H,27,32)(H,28,33)(H,29,34)(H,30,31)(H,35,36). The Morgan fingerprint density at radius 2 is 1.39 bits per heavy atom. The Kier molecular flexibility index (Phi) is 12.6. The van der Waals surface area contributed by atoms with Crippen LogP contribution in [-0.4, -0.2) is 64.0 Å². The van der Waals surface area contributed by atoms with Crippen LogP contribution in [0.2, 0.25) is 0 Å².